The van der Waals surface area contributed by atoms with Gasteiger partial charge in [0.05, 0.1) is 12.9 Å². The third-order valence-electron chi connectivity index (χ3n) is 1.72. The summed E-state index contributed by atoms with van der Waals surface area (Å²) in [7, 11) is 0. The second-order valence-electron chi connectivity index (χ2n) is 2.83. The zero-order valence-corrected chi connectivity index (χ0v) is 8.25. The van der Waals surface area contributed by atoms with Crippen molar-refractivity contribution in [2.24, 2.45) is 0 Å². The minimum atomic E-state index is -0.350. The number of aryl methyl sites for hydroxylation is 1. The number of rotatable bonds is 5. The zero-order valence-electron chi connectivity index (χ0n) is 8.25. The van der Waals surface area contributed by atoms with E-state index in [1.54, 1.807) is 19.4 Å². The predicted octanol–water partition coefficient (Wildman–Crippen LogP) is 1.09. The van der Waals surface area contributed by atoms with E-state index in [1.807, 2.05) is 0 Å². The lowest BCUT2D eigenvalue weighted by Gasteiger charge is -2.03. The van der Waals surface area contributed by atoms with Crippen molar-refractivity contribution in [3.8, 4) is 0 Å². The normalized spacial score (nSPS) is 9.79. The van der Waals surface area contributed by atoms with Gasteiger partial charge < -0.3 is 15.0 Å². The first-order valence-corrected chi connectivity index (χ1v) is 4.70. The lowest BCUT2D eigenvalue weighted by molar-refractivity contribution is 0.152. The zero-order chi connectivity index (χ0) is 10.2. The first-order valence-electron chi connectivity index (χ1n) is 4.70. The molecule has 1 aromatic heterocycles. The number of ether oxygens (including phenoxy) is 1. The summed E-state index contributed by atoms with van der Waals surface area (Å²) in [5, 5.41) is 2.65. The molecule has 0 radical (unpaired) electrons. The number of aromatic amines is 1. The van der Waals surface area contributed by atoms with Crippen molar-refractivity contribution < 1.29 is 9.53 Å². The molecule has 0 aliphatic carbocycles. The van der Waals surface area contributed by atoms with E-state index in [0.717, 1.165) is 18.5 Å². The van der Waals surface area contributed by atoms with Gasteiger partial charge in [-0.15, -0.1) is 0 Å². The fourth-order valence-corrected chi connectivity index (χ4v) is 1.07. The summed E-state index contributed by atoms with van der Waals surface area (Å²) < 4.78 is 4.71. The highest BCUT2D eigenvalue weighted by Crippen LogP contribution is 1.95. The van der Waals surface area contributed by atoms with Gasteiger partial charge in [0.1, 0.15) is 0 Å². The Morgan fingerprint density at radius 1 is 1.71 bits per heavy atom. The van der Waals surface area contributed by atoms with Crippen molar-refractivity contribution in [2.75, 3.05) is 13.2 Å². The smallest absolute Gasteiger partial charge is 0.407 e. The highest BCUT2D eigenvalue weighted by atomic mass is 16.5. The summed E-state index contributed by atoms with van der Waals surface area (Å²) in [5.41, 5.74) is 1.08. The number of amides is 1. The number of alkyl carbamates (subject to hydrolysis) is 1. The fraction of sp³-hybridized carbons (Fsp3) is 0.556. The molecule has 1 heterocycles. The van der Waals surface area contributed by atoms with Crippen LogP contribution in [-0.4, -0.2) is 29.2 Å². The molecule has 2 N–H and O–H groups in total. The van der Waals surface area contributed by atoms with Crippen LogP contribution in [0.4, 0.5) is 4.79 Å². The maximum absolute atomic E-state index is 10.9. The second kappa shape index (κ2) is 6.01. The fourth-order valence-electron chi connectivity index (χ4n) is 1.07. The van der Waals surface area contributed by atoms with Crippen molar-refractivity contribution in [1.29, 1.82) is 0 Å². The van der Waals surface area contributed by atoms with Crippen LogP contribution in [0.5, 0.6) is 0 Å². The van der Waals surface area contributed by atoms with Crippen LogP contribution in [0.3, 0.4) is 0 Å². The Morgan fingerprint density at radius 3 is 3.21 bits per heavy atom. The van der Waals surface area contributed by atoms with E-state index in [2.05, 4.69) is 15.3 Å². The molecule has 1 amide bonds. The van der Waals surface area contributed by atoms with Gasteiger partial charge in [0.25, 0.3) is 0 Å². The third-order valence-corrected chi connectivity index (χ3v) is 1.72. The molecule has 0 unspecified atom stereocenters. The Bertz CT molecular complexity index is 259. The highest BCUT2D eigenvalue weighted by molar-refractivity contribution is 5.66. The molecular weight excluding hydrogens is 182 g/mol. The number of nitrogens with one attached hydrogen (secondary N) is 2. The van der Waals surface area contributed by atoms with Gasteiger partial charge in [-0.2, -0.15) is 0 Å². The number of imidazole rings is 1. The first-order chi connectivity index (χ1) is 6.83. The van der Waals surface area contributed by atoms with Gasteiger partial charge >= 0.3 is 6.09 Å². The number of carbonyl (C=O) groups excluding carboxylic acids is 1. The molecule has 1 rings (SSSR count). The molecule has 0 aromatic carbocycles. The largest absolute Gasteiger partial charge is 0.450 e. The Hall–Kier alpha value is -1.52. The number of H-pyrrole nitrogens is 1. The number of hydrogen-bond donors (Lipinski definition) is 2. The lowest BCUT2D eigenvalue weighted by atomic mass is 10.2. The molecule has 1 aromatic rings. The molecule has 0 spiro atoms. The number of aromatic nitrogens is 2. The third kappa shape index (κ3) is 3.93. The molecule has 0 bridgehead atoms. The van der Waals surface area contributed by atoms with Crippen molar-refractivity contribution in [1.82, 2.24) is 15.3 Å². The Balaban J connectivity index is 2.02. The summed E-state index contributed by atoms with van der Waals surface area (Å²) in [6.07, 6.45) is 4.84. The minimum absolute atomic E-state index is 0.350. The molecule has 0 atom stereocenters. The van der Waals surface area contributed by atoms with Crippen molar-refractivity contribution in [3.63, 3.8) is 0 Å². The quantitative estimate of drug-likeness (QED) is 0.694. The monoisotopic (exact) mass is 197 g/mol. The van der Waals surface area contributed by atoms with Crippen molar-refractivity contribution in [3.05, 3.63) is 18.2 Å². The molecule has 78 valence electrons. The summed E-state index contributed by atoms with van der Waals surface area (Å²) in [6, 6.07) is 0. The molecule has 0 aliphatic rings. The van der Waals surface area contributed by atoms with Gasteiger partial charge in [0, 0.05) is 18.4 Å². The van der Waals surface area contributed by atoms with Crippen LogP contribution in [-0.2, 0) is 11.2 Å². The van der Waals surface area contributed by atoms with Crippen LogP contribution in [0, 0.1) is 0 Å². The highest BCUT2D eigenvalue weighted by Gasteiger charge is 1.99. The summed E-state index contributed by atoms with van der Waals surface area (Å²) in [5.74, 6) is 0. The van der Waals surface area contributed by atoms with Gasteiger partial charge in [-0.1, -0.05) is 0 Å². The summed E-state index contributed by atoms with van der Waals surface area (Å²) in [6.45, 7) is 2.81. The van der Waals surface area contributed by atoms with Crippen molar-refractivity contribution in [2.45, 2.75) is 19.8 Å². The van der Waals surface area contributed by atoms with E-state index in [1.165, 1.54) is 0 Å². The average Bonchev–Trinajstić information content (AvgIpc) is 2.65. The van der Waals surface area contributed by atoms with E-state index in [-0.39, 0.29) is 6.09 Å². The Labute approximate surface area is 82.9 Å². The molecule has 14 heavy (non-hydrogen) atoms. The van der Waals surface area contributed by atoms with E-state index < -0.39 is 0 Å². The number of nitrogens with zero attached hydrogens (tertiary/aromatic N) is 1. The molecule has 0 fully saturated rings. The standard InChI is InChI=1S/C9H15N3O2/c1-2-14-9(13)11-5-3-4-8-6-10-7-12-8/h6-7H,2-5H2,1H3,(H,10,12)(H,11,13). The van der Waals surface area contributed by atoms with Crippen LogP contribution < -0.4 is 5.32 Å². The van der Waals surface area contributed by atoms with E-state index in [9.17, 15) is 4.79 Å². The minimum Gasteiger partial charge on any atom is -0.450 e. The first kappa shape index (κ1) is 10.6. The van der Waals surface area contributed by atoms with E-state index in [4.69, 9.17) is 4.74 Å². The summed E-state index contributed by atoms with van der Waals surface area (Å²) in [4.78, 5) is 17.7. The topological polar surface area (TPSA) is 67.0 Å². The van der Waals surface area contributed by atoms with Gasteiger partial charge in [-0.3, -0.25) is 0 Å². The lowest BCUT2D eigenvalue weighted by Crippen LogP contribution is -2.25. The Morgan fingerprint density at radius 2 is 2.57 bits per heavy atom. The van der Waals surface area contributed by atoms with Crippen molar-refractivity contribution >= 4 is 6.09 Å². The molecule has 0 aliphatic heterocycles. The Kier molecular flexibility index (Phi) is 4.54. The molecule has 5 nitrogen and oxygen atoms in total. The van der Waals surface area contributed by atoms with Crippen LogP contribution in [0.25, 0.3) is 0 Å². The summed E-state index contributed by atoms with van der Waals surface area (Å²) >= 11 is 0. The number of carbonyl (C=O) groups is 1. The molecular formula is C9H15N3O2. The average molecular weight is 197 g/mol. The molecule has 0 saturated heterocycles. The molecule has 0 saturated carbocycles. The molecule has 5 heteroatoms. The van der Waals surface area contributed by atoms with Crippen LogP contribution in [0.15, 0.2) is 12.5 Å². The predicted molar refractivity (Wildman–Crippen MR) is 51.9 cm³/mol. The van der Waals surface area contributed by atoms with E-state index >= 15 is 0 Å². The van der Waals surface area contributed by atoms with Crippen LogP contribution >= 0.6 is 0 Å². The maximum Gasteiger partial charge on any atom is 0.407 e. The van der Waals surface area contributed by atoms with Crippen LogP contribution in [0.1, 0.15) is 19.0 Å². The van der Waals surface area contributed by atoms with Gasteiger partial charge in [0.2, 0.25) is 0 Å². The SMILES string of the molecule is CCOC(=O)NCCCc1cnc[nH]1. The van der Waals surface area contributed by atoms with Gasteiger partial charge in [0.15, 0.2) is 0 Å². The van der Waals surface area contributed by atoms with Crippen LogP contribution in [0.2, 0.25) is 0 Å². The number of hydrogen-bond acceptors (Lipinski definition) is 3. The van der Waals surface area contributed by atoms with Gasteiger partial charge in [-0.25, -0.2) is 9.78 Å². The second-order valence-corrected chi connectivity index (χ2v) is 2.83. The van der Waals surface area contributed by atoms with Gasteiger partial charge in [-0.05, 0) is 19.8 Å². The maximum atomic E-state index is 10.9. The van der Waals surface area contributed by atoms with E-state index in [0.29, 0.717) is 13.2 Å².